The van der Waals surface area contributed by atoms with Crippen LogP contribution in [0.4, 0.5) is 5.82 Å². The number of carbonyl (C=O) groups excluding carboxylic acids is 1. The van der Waals surface area contributed by atoms with Gasteiger partial charge in [0.15, 0.2) is 10.9 Å². The molecule has 0 saturated heterocycles. The van der Waals surface area contributed by atoms with Crippen molar-refractivity contribution in [1.82, 2.24) is 10.4 Å². The van der Waals surface area contributed by atoms with E-state index in [4.69, 9.17) is 22.4 Å². The van der Waals surface area contributed by atoms with E-state index in [-0.39, 0.29) is 22.2 Å². The van der Waals surface area contributed by atoms with E-state index in [2.05, 4.69) is 34.7 Å². The number of amides is 1. The number of furan rings is 1. The van der Waals surface area contributed by atoms with Gasteiger partial charge in [-0.2, -0.15) is 5.10 Å². The number of rotatable bonds is 3. The fourth-order valence-electron chi connectivity index (χ4n) is 3.33. The van der Waals surface area contributed by atoms with Gasteiger partial charge in [-0.25, -0.2) is 4.98 Å². The molecular weight excluding hydrogens is 362 g/mol. The highest BCUT2D eigenvalue weighted by molar-refractivity contribution is 7.80. The Morgan fingerprint density at radius 2 is 2.11 bits per heavy atom. The second-order valence-electron chi connectivity index (χ2n) is 7.53. The van der Waals surface area contributed by atoms with E-state index in [1.165, 1.54) is 0 Å². The predicted molar refractivity (Wildman–Crippen MR) is 109 cm³/mol. The smallest absolute Gasteiger partial charge is 0.292 e. The standard InChI is InChI=1S/C19H23N5O2S/c1-10-6-5-7-21-16(10)22-17(25)15-11(2)14-12(23-24-18(20)27)8-19(3,4)9-13(14)26-15/h5-7H,8-9H2,1-4H3,(H3,20,24,27)(H,21,22,25)/b23-12-. The Hall–Kier alpha value is -2.74. The van der Waals surface area contributed by atoms with E-state index in [1.54, 1.807) is 6.20 Å². The summed E-state index contributed by atoms with van der Waals surface area (Å²) in [5.74, 6) is 1.20. The van der Waals surface area contributed by atoms with Gasteiger partial charge in [0.05, 0.1) is 5.71 Å². The van der Waals surface area contributed by atoms with Crippen molar-refractivity contribution in [1.29, 1.82) is 0 Å². The molecule has 3 rings (SSSR count). The molecule has 0 radical (unpaired) electrons. The minimum Gasteiger partial charge on any atom is -0.455 e. The van der Waals surface area contributed by atoms with Crippen molar-refractivity contribution in [2.45, 2.75) is 40.5 Å². The topological polar surface area (TPSA) is 106 Å². The Morgan fingerprint density at radius 1 is 1.37 bits per heavy atom. The lowest BCUT2D eigenvalue weighted by Crippen LogP contribution is -2.31. The van der Waals surface area contributed by atoms with Crippen molar-refractivity contribution in [3.05, 3.63) is 46.5 Å². The summed E-state index contributed by atoms with van der Waals surface area (Å²) >= 11 is 4.85. The molecule has 0 unspecified atom stereocenters. The molecular formula is C19H23N5O2S. The van der Waals surface area contributed by atoms with Crippen LogP contribution in [0.25, 0.3) is 0 Å². The molecule has 2 heterocycles. The first kappa shape index (κ1) is 19.0. The molecule has 1 aliphatic rings. The Morgan fingerprint density at radius 3 is 2.78 bits per heavy atom. The summed E-state index contributed by atoms with van der Waals surface area (Å²) in [4.78, 5) is 17.0. The van der Waals surface area contributed by atoms with Gasteiger partial charge in [-0.05, 0) is 49.5 Å². The zero-order chi connectivity index (χ0) is 19.8. The van der Waals surface area contributed by atoms with Crippen LogP contribution in [0.3, 0.4) is 0 Å². The largest absolute Gasteiger partial charge is 0.455 e. The molecule has 0 bridgehead atoms. The lowest BCUT2D eigenvalue weighted by molar-refractivity contribution is 0.0992. The van der Waals surface area contributed by atoms with Gasteiger partial charge in [0, 0.05) is 23.7 Å². The number of hydrogen-bond acceptors (Lipinski definition) is 5. The maximum Gasteiger partial charge on any atom is 0.292 e. The van der Waals surface area contributed by atoms with Crippen LogP contribution in [0.1, 0.15) is 53.3 Å². The van der Waals surface area contributed by atoms with Gasteiger partial charge in [0.1, 0.15) is 11.6 Å². The molecule has 2 aromatic rings. The zero-order valence-electron chi connectivity index (χ0n) is 15.8. The number of anilines is 1. The second kappa shape index (κ2) is 7.11. The Kier molecular flexibility index (Phi) is 5.01. The zero-order valence-corrected chi connectivity index (χ0v) is 16.7. The predicted octanol–water partition coefficient (Wildman–Crippen LogP) is 3.05. The van der Waals surface area contributed by atoms with Gasteiger partial charge in [0.25, 0.3) is 5.91 Å². The highest BCUT2D eigenvalue weighted by atomic mass is 32.1. The molecule has 2 aromatic heterocycles. The van der Waals surface area contributed by atoms with Gasteiger partial charge >= 0.3 is 0 Å². The number of nitrogens with two attached hydrogens (primary N) is 1. The average molecular weight is 385 g/mol. The summed E-state index contributed by atoms with van der Waals surface area (Å²) in [5, 5.41) is 7.26. The molecule has 8 heteroatoms. The summed E-state index contributed by atoms with van der Waals surface area (Å²) in [6, 6.07) is 3.71. The van der Waals surface area contributed by atoms with Crippen LogP contribution >= 0.6 is 12.2 Å². The van der Waals surface area contributed by atoms with Crippen LogP contribution in [-0.2, 0) is 6.42 Å². The molecule has 0 atom stereocenters. The van der Waals surface area contributed by atoms with E-state index < -0.39 is 0 Å². The summed E-state index contributed by atoms with van der Waals surface area (Å²) in [6.07, 6.45) is 3.07. The van der Waals surface area contributed by atoms with Crippen LogP contribution < -0.4 is 16.5 Å². The quantitative estimate of drug-likeness (QED) is 0.554. The maximum atomic E-state index is 12.8. The Bertz CT molecular complexity index is 946. The third kappa shape index (κ3) is 4.00. The number of thiocarbonyl (C=S) groups is 1. The first-order valence-electron chi connectivity index (χ1n) is 8.65. The molecule has 0 fully saturated rings. The van der Waals surface area contributed by atoms with Crippen molar-refractivity contribution in [2.75, 3.05) is 5.32 Å². The molecule has 1 amide bonds. The van der Waals surface area contributed by atoms with Gasteiger partial charge in [-0.15, -0.1) is 0 Å². The van der Waals surface area contributed by atoms with E-state index in [9.17, 15) is 4.79 Å². The fraction of sp³-hybridized carbons (Fsp3) is 0.368. The second-order valence-corrected chi connectivity index (χ2v) is 7.97. The number of aryl methyl sites for hydroxylation is 1. The van der Waals surface area contributed by atoms with Crippen molar-refractivity contribution >= 4 is 34.8 Å². The van der Waals surface area contributed by atoms with Gasteiger partial charge in [-0.1, -0.05) is 19.9 Å². The molecule has 0 saturated carbocycles. The van der Waals surface area contributed by atoms with Crippen molar-refractivity contribution in [2.24, 2.45) is 16.3 Å². The van der Waals surface area contributed by atoms with Crippen LogP contribution in [0.5, 0.6) is 0 Å². The summed E-state index contributed by atoms with van der Waals surface area (Å²) in [7, 11) is 0. The molecule has 0 aliphatic heterocycles. The molecule has 0 aromatic carbocycles. The molecule has 4 N–H and O–H groups in total. The number of fused-ring (bicyclic) bond motifs is 1. The summed E-state index contributed by atoms with van der Waals surface area (Å²) in [5.41, 5.74) is 11.4. The van der Waals surface area contributed by atoms with Crippen LogP contribution in [-0.4, -0.2) is 21.7 Å². The number of hydrazone groups is 1. The summed E-state index contributed by atoms with van der Waals surface area (Å²) in [6.45, 7) is 8.00. The number of carbonyl (C=O) groups is 1. The minimum absolute atomic E-state index is 0.0562. The highest BCUT2D eigenvalue weighted by Crippen LogP contribution is 2.39. The van der Waals surface area contributed by atoms with Gasteiger partial charge in [-0.3, -0.25) is 10.2 Å². The molecule has 0 spiro atoms. The van der Waals surface area contributed by atoms with Crippen molar-refractivity contribution in [3.63, 3.8) is 0 Å². The average Bonchev–Trinajstić information content (AvgIpc) is 2.90. The third-order valence-corrected chi connectivity index (χ3v) is 4.63. The SMILES string of the molecule is Cc1cccnc1NC(=O)c1oc2c(c1C)/C(=N\NC(N)=S)CC(C)(C)C2. The first-order chi connectivity index (χ1) is 12.7. The number of aromatic nitrogens is 1. The Balaban J connectivity index is 1.98. The van der Waals surface area contributed by atoms with Crippen LogP contribution in [0.15, 0.2) is 27.8 Å². The molecule has 27 heavy (non-hydrogen) atoms. The third-order valence-electron chi connectivity index (χ3n) is 4.54. The van der Waals surface area contributed by atoms with E-state index in [0.717, 1.165) is 34.6 Å². The molecule has 142 valence electrons. The van der Waals surface area contributed by atoms with Gasteiger partial charge in [0.2, 0.25) is 0 Å². The number of hydrogen-bond donors (Lipinski definition) is 3. The lowest BCUT2D eigenvalue weighted by Gasteiger charge is -2.29. The first-order valence-corrected chi connectivity index (χ1v) is 9.06. The van der Waals surface area contributed by atoms with Crippen molar-refractivity contribution in [3.8, 4) is 0 Å². The van der Waals surface area contributed by atoms with Gasteiger partial charge < -0.3 is 15.5 Å². The van der Waals surface area contributed by atoms with E-state index >= 15 is 0 Å². The lowest BCUT2D eigenvalue weighted by atomic mass is 9.75. The summed E-state index contributed by atoms with van der Waals surface area (Å²) < 4.78 is 5.97. The highest BCUT2D eigenvalue weighted by Gasteiger charge is 2.36. The minimum atomic E-state index is -0.330. The number of nitrogens with one attached hydrogen (secondary N) is 2. The number of pyridine rings is 1. The Labute approximate surface area is 163 Å². The normalized spacial score (nSPS) is 16.7. The molecule has 1 aliphatic carbocycles. The monoisotopic (exact) mass is 385 g/mol. The molecule has 7 nitrogen and oxygen atoms in total. The van der Waals surface area contributed by atoms with Crippen LogP contribution in [0.2, 0.25) is 0 Å². The maximum absolute atomic E-state index is 12.8. The number of nitrogens with zero attached hydrogens (tertiary/aromatic N) is 2. The van der Waals surface area contributed by atoms with Crippen molar-refractivity contribution < 1.29 is 9.21 Å². The van der Waals surface area contributed by atoms with E-state index in [0.29, 0.717) is 12.2 Å². The van der Waals surface area contributed by atoms with E-state index in [1.807, 2.05) is 26.0 Å². The fourth-order valence-corrected chi connectivity index (χ4v) is 3.38. The van der Waals surface area contributed by atoms with Crippen LogP contribution in [0, 0.1) is 19.3 Å².